The van der Waals surface area contributed by atoms with E-state index in [4.69, 9.17) is 5.10 Å². The zero-order chi connectivity index (χ0) is 22.2. The first kappa shape index (κ1) is 21.6. The van der Waals surface area contributed by atoms with Crippen LogP contribution >= 0.6 is 0 Å². The van der Waals surface area contributed by atoms with Crippen LogP contribution < -0.4 is 10.6 Å². The summed E-state index contributed by atoms with van der Waals surface area (Å²) in [5.74, 6) is 0.645. The monoisotopic (exact) mass is 437 g/mol. The smallest absolute Gasteiger partial charge is 0.235 e. The summed E-state index contributed by atoms with van der Waals surface area (Å²) in [6.07, 6.45) is 5.89. The molecule has 0 radical (unpaired) electrons. The van der Waals surface area contributed by atoms with Gasteiger partial charge >= 0.3 is 0 Å². The minimum atomic E-state index is -0.345. The highest BCUT2D eigenvalue weighted by atomic mass is 16.2. The number of carbonyl (C=O) groups excluding carboxylic acids is 2. The van der Waals surface area contributed by atoms with Crippen LogP contribution in [-0.2, 0) is 16.6 Å². The third kappa shape index (κ3) is 4.08. The zero-order valence-electron chi connectivity index (χ0n) is 19.3. The minimum Gasteiger partial charge on any atom is -0.317 e. The summed E-state index contributed by atoms with van der Waals surface area (Å²) >= 11 is 0. The van der Waals surface area contributed by atoms with Crippen LogP contribution in [0, 0.1) is 5.92 Å². The second kappa shape index (κ2) is 8.94. The van der Waals surface area contributed by atoms with Crippen LogP contribution in [0.2, 0.25) is 0 Å². The van der Waals surface area contributed by atoms with Gasteiger partial charge in [0.25, 0.3) is 0 Å². The molecule has 1 unspecified atom stereocenters. The maximum atomic E-state index is 12.4. The van der Waals surface area contributed by atoms with Crippen molar-refractivity contribution < 1.29 is 9.59 Å². The van der Waals surface area contributed by atoms with E-state index in [1.165, 1.54) is 44.3 Å². The molecule has 0 bridgehead atoms. The predicted octanol–water partition coefficient (Wildman–Crippen LogP) is 2.66. The molecule has 172 valence electrons. The Bertz CT molecular complexity index is 1000. The van der Waals surface area contributed by atoms with Gasteiger partial charge < -0.3 is 10.2 Å². The van der Waals surface area contributed by atoms with Crippen LogP contribution in [0.4, 0.5) is 0 Å². The Labute approximate surface area is 189 Å². The van der Waals surface area contributed by atoms with Crippen molar-refractivity contribution in [1.29, 1.82) is 0 Å². The highest BCUT2D eigenvalue weighted by Crippen LogP contribution is 2.35. The lowest BCUT2D eigenvalue weighted by molar-refractivity contribution is -0.134. The number of hydrogen-bond acceptors (Lipinski definition) is 5. The average Bonchev–Trinajstić information content (AvgIpc) is 3.15. The van der Waals surface area contributed by atoms with Gasteiger partial charge in [-0.05, 0) is 88.7 Å². The fourth-order valence-electron chi connectivity index (χ4n) is 6.03. The van der Waals surface area contributed by atoms with Gasteiger partial charge in [0.05, 0.1) is 17.1 Å². The van der Waals surface area contributed by atoms with Gasteiger partial charge in [0.2, 0.25) is 11.8 Å². The van der Waals surface area contributed by atoms with E-state index in [0.717, 1.165) is 35.6 Å². The lowest BCUT2D eigenvalue weighted by Crippen LogP contribution is -2.46. The van der Waals surface area contributed by atoms with Gasteiger partial charge in [-0.1, -0.05) is 12.1 Å². The van der Waals surface area contributed by atoms with Gasteiger partial charge in [0.1, 0.15) is 0 Å². The molecule has 3 aliphatic rings. The van der Waals surface area contributed by atoms with Gasteiger partial charge in [-0.15, -0.1) is 0 Å². The molecule has 7 heteroatoms. The maximum absolute atomic E-state index is 12.4. The van der Waals surface area contributed by atoms with E-state index in [9.17, 15) is 9.59 Å². The normalized spacial score (nSPS) is 25.2. The summed E-state index contributed by atoms with van der Waals surface area (Å²) in [5.41, 5.74) is 3.25. The Morgan fingerprint density at radius 1 is 1.06 bits per heavy atom. The Morgan fingerprint density at radius 3 is 2.53 bits per heavy atom. The van der Waals surface area contributed by atoms with E-state index in [1.54, 1.807) is 0 Å². The van der Waals surface area contributed by atoms with Crippen LogP contribution in [0.3, 0.4) is 0 Å². The second-order valence-corrected chi connectivity index (χ2v) is 9.93. The van der Waals surface area contributed by atoms with Crippen molar-refractivity contribution in [3.63, 3.8) is 0 Å². The topological polar surface area (TPSA) is 79.3 Å². The summed E-state index contributed by atoms with van der Waals surface area (Å²) in [5, 5.41) is 11.7. The third-order valence-corrected chi connectivity index (χ3v) is 8.12. The van der Waals surface area contributed by atoms with Crippen molar-refractivity contribution in [2.24, 2.45) is 13.0 Å². The van der Waals surface area contributed by atoms with Crippen molar-refractivity contribution in [3.8, 4) is 0 Å². The number of nitrogens with one attached hydrogen (secondary N) is 2. The summed E-state index contributed by atoms with van der Waals surface area (Å²) in [7, 11) is 1.95. The fourth-order valence-corrected chi connectivity index (χ4v) is 6.03. The molecule has 2 amide bonds. The Kier molecular flexibility index (Phi) is 6.03. The summed E-state index contributed by atoms with van der Waals surface area (Å²) in [6, 6.07) is 7.32. The van der Waals surface area contributed by atoms with Crippen molar-refractivity contribution in [3.05, 3.63) is 29.5 Å². The standard InChI is InChI=1S/C25H35N5O2/c1-16(17-7-11-26-12-8-17)30-13-9-18(10-14-30)19-3-4-20-22(15-19)29(2)28-24(20)21-5-6-23(31)27-25(21)32/h3-4,15-18,21,26H,5-14H2,1-2H3,(H,27,31,32)/t16-,21?/m0/s1. The van der Waals surface area contributed by atoms with E-state index in [2.05, 4.69) is 40.7 Å². The van der Waals surface area contributed by atoms with Crippen LogP contribution in [0.1, 0.15) is 68.5 Å². The molecule has 2 aromatic rings. The number of likely N-dealkylation sites (tertiary alicyclic amines) is 1. The molecule has 2 N–H and O–H groups in total. The molecule has 1 aromatic carbocycles. The number of piperidine rings is 3. The number of fused-ring (bicyclic) bond motifs is 1. The van der Waals surface area contributed by atoms with Crippen LogP contribution in [0.15, 0.2) is 18.2 Å². The second-order valence-electron chi connectivity index (χ2n) is 9.93. The average molecular weight is 438 g/mol. The van der Waals surface area contributed by atoms with Gasteiger partial charge in [0, 0.05) is 24.9 Å². The molecule has 4 heterocycles. The predicted molar refractivity (Wildman–Crippen MR) is 124 cm³/mol. The molecule has 7 nitrogen and oxygen atoms in total. The number of imide groups is 1. The number of hydrogen-bond donors (Lipinski definition) is 2. The van der Waals surface area contributed by atoms with Crippen molar-refractivity contribution in [2.45, 2.75) is 63.3 Å². The van der Waals surface area contributed by atoms with Crippen LogP contribution in [0.25, 0.3) is 10.9 Å². The fraction of sp³-hybridized carbons (Fsp3) is 0.640. The summed E-state index contributed by atoms with van der Waals surface area (Å²) in [6.45, 7) is 7.09. The number of amides is 2. The molecule has 0 aliphatic carbocycles. The first-order valence-corrected chi connectivity index (χ1v) is 12.3. The molecule has 3 saturated heterocycles. The van der Waals surface area contributed by atoms with Gasteiger partial charge in [0.15, 0.2) is 0 Å². The van der Waals surface area contributed by atoms with Crippen molar-refractivity contribution >= 4 is 22.7 Å². The van der Waals surface area contributed by atoms with Crippen molar-refractivity contribution in [1.82, 2.24) is 25.3 Å². The van der Waals surface area contributed by atoms with Crippen LogP contribution in [0.5, 0.6) is 0 Å². The highest BCUT2D eigenvalue weighted by Gasteiger charge is 2.32. The SMILES string of the molecule is C[C@@H](C1CCNCC1)N1CCC(c2ccc3c(C4CCC(=O)NC4=O)nn(C)c3c2)CC1. The quantitative estimate of drug-likeness (QED) is 0.719. The first-order chi connectivity index (χ1) is 15.5. The number of aromatic nitrogens is 2. The molecule has 1 aromatic heterocycles. The summed E-state index contributed by atoms with van der Waals surface area (Å²) in [4.78, 5) is 26.6. The Balaban J connectivity index is 1.29. The highest BCUT2D eigenvalue weighted by molar-refractivity contribution is 6.02. The van der Waals surface area contributed by atoms with Crippen LogP contribution in [-0.4, -0.2) is 58.7 Å². The van der Waals surface area contributed by atoms with E-state index in [0.29, 0.717) is 24.8 Å². The number of aryl methyl sites for hydroxylation is 1. The summed E-state index contributed by atoms with van der Waals surface area (Å²) < 4.78 is 1.90. The number of rotatable bonds is 4. The first-order valence-electron chi connectivity index (χ1n) is 12.3. The molecular formula is C25H35N5O2. The lowest BCUT2D eigenvalue weighted by Gasteiger charge is -2.41. The third-order valence-electron chi connectivity index (χ3n) is 8.12. The van der Waals surface area contributed by atoms with Crippen molar-refractivity contribution in [2.75, 3.05) is 26.2 Å². The molecular weight excluding hydrogens is 402 g/mol. The van der Waals surface area contributed by atoms with E-state index >= 15 is 0 Å². The van der Waals surface area contributed by atoms with E-state index < -0.39 is 0 Å². The zero-order valence-corrected chi connectivity index (χ0v) is 19.3. The van der Waals surface area contributed by atoms with E-state index in [-0.39, 0.29) is 17.7 Å². The lowest BCUT2D eigenvalue weighted by atomic mass is 9.85. The Hall–Kier alpha value is -2.25. The number of benzene rings is 1. The molecule has 2 atom stereocenters. The van der Waals surface area contributed by atoms with Gasteiger partial charge in [-0.2, -0.15) is 5.10 Å². The minimum absolute atomic E-state index is 0.186. The number of carbonyl (C=O) groups is 2. The molecule has 0 saturated carbocycles. The number of nitrogens with zero attached hydrogens (tertiary/aromatic N) is 3. The molecule has 0 spiro atoms. The molecule has 32 heavy (non-hydrogen) atoms. The van der Waals surface area contributed by atoms with E-state index in [1.807, 2.05) is 11.7 Å². The molecule has 5 rings (SSSR count). The molecule has 3 aliphatic heterocycles. The van der Waals surface area contributed by atoms with Gasteiger partial charge in [-0.25, -0.2) is 0 Å². The molecule has 3 fully saturated rings. The maximum Gasteiger partial charge on any atom is 0.235 e. The van der Waals surface area contributed by atoms with Gasteiger partial charge in [-0.3, -0.25) is 19.6 Å². The Morgan fingerprint density at radius 2 is 1.81 bits per heavy atom. The largest absolute Gasteiger partial charge is 0.317 e.